The SMILES string of the molecule is CCOC(=O)c1c[nH]c(=O)c2c1OC(=O)C[C@@H]2c1ccc(OCc2ccccn2)cc1. The maximum Gasteiger partial charge on any atom is 0.343 e. The van der Waals surface area contributed by atoms with Crippen LogP contribution in [0.15, 0.2) is 59.7 Å². The Labute approximate surface area is 177 Å². The number of rotatable bonds is 6. The molecule has 0 amide bonds. The summed E-state index contributed by atoms with van der Waals surface area (Å²) in [6.07, 6.45) is 2.89. The van der Waals surface area contributed by atoms with Crippen molar-refractivity contribution < 1.29 is 23.8 Å². The Bertz CT molecular complexity index is 1150. The van der Waals surface area contributed by atoms with Gasteiger partial charge in [0.2, 0.25) is 0 Å². The van der Waals surface area contributed by atoms with E-state index >= 15 is 0 Å². The molecule has 0 radical (unpaired) electrons. The van der Waals surface area contributed by atoms with Crippen LogP contribution in [0.1, 0.15) is 46.4 Å². The Hall–Kier alpha value is -3.94. The molecule has 4 rings (SSSR count). The van der Waals surface area contributed by atoms with E-state index in [2.05, 4.69) is 9.97 Å². The van der Waals surface area contributed by atoms with E-state index in [1.165, 1.54) is 6.20 Å². The molecule has 1 aromatic carbocycles. The zero-order chi connectivity index (χ0) is 21.8. The summed E-state index contributed by atoms with van der Waals surface area (Å²) >= 11 is 0. The van der Waals surface area contributed by atoms with Crippen molar-refractivity contribution in [3.8, 4) is 11.5 Å². The minimum atomic E-state index is -0.665. The molecule has 8 nitrogen and oxygen atoms in total. The fourth-order valence-electron chi connectivity index (χ4n) is 3.46. The van der Waals surface area contributed by atoms with Crippen LogP contribution < -0.4 is 15.0 Å². The number of H-pyrrole nitrogens is 1. The number of aromatic nitrogens is 2. The molecule has 8 heteroatoms. The fourth-order valence-corrected chi connectivity index (χ4v) is 3.46. The van der Waals surface area contributed by atoms with Gasteiger partial charge in [-0.1, -0.05) is 18.2 Å². The normalized spacial score (nSPS) is 15.0. The van der Waals surface area contributed by atoms with E-state index < -0.39 is 23.4 Å². The van der Waals surface area contributed by atoms with Crippen LogP contribution in [0.5, 0.6) is 11.5 Å². The first kappa shape index (κ1) is 20.3. The largest absolute Gasteiger partial charge is 0.487 e. The lowest BCUT2D eigenvalue weighted by Crippen LogP contribution is -2.30. The van der Waals surface area contributed by atoms with Crippen molar-refractivity contribution in [3.05, 3.63) is 87.6 Å². The van der Waals surface area contributed by atoms with Gasteiger partial charge in [0.1, 0.15) is 17.9 Å². The number of esters is 2. The van der Waals surface area contributed by atoms with Crippen LogP contribution >= 0.6 is 0 Å². The van der Waals surface area contributed by atoms with E-state index in [0.29, 0.717) is 12.4 Å². The number of pyridine rings is 2. The van der Waals surface area contributed by atoms with Gasteiger partial charge in [0.15, 0.2) is 5.75 Å². The van der Waals surface area contributed by atoms with Crippen LogP contribution in [0.25, 0.3) is 0 Å². The van der Waals surface area contributed by atoms with Gasteiger partial charge in [-0.05, 0) is 36.8 Å². The molecule has 3 heterocycles. The Kier molecular flexibility index (Phi) is 5.79. The number of benzene rings is 1. The highest BCUT2D eigenvalue weighted by Crippen LogP contribution is 2.38. The number of fused-ring (bicyclic) bond motifs is 1. The molecule has 0 bridgehead atoms. The molecule has 2 aromatic heterocycles. The quantitative estimate of drug-likeness (QED) is 0.611. The van der Waals surface area contributed by atoms with E-state index in [0.717, 1.165) is 11.3 Å². The summed E-state index contributed by atoms with van der Waals surface area (Å²) in [4.78, 5) is 43.9. The van der Waals surface area contributed by atoms with Gasteiger partial charge in [-0.25, -0.2) is 4.79 Å². The number of nitrogens with zero attached hydrogens (tertiary/aromatic N) is 1. The molecular weight excluding hydrogens is 400 g/mol. The highest BCUT2D eigenvalue weighted by molar-refractivity contribution is 5.94. The molecule has 1 aliphatic rings. The van der Waals surface area contributed by atoms with E-state index in [-0.39, 0.29) is 29.9 Å². The average molecular weight is 420 g/mol. The minimum Gasteiger partial charge on any atom is -0.487 e. The highest BCUT2D eigenvalue weighted by Gasteiger charge is 2.34. The summed E-state index contributed by atoms with van der Waals surface area (Å²) in [6.45, 7) is 2.15. The molecule has 31 heavy (non-hydrogen) atoms. The van der Waals surface area contributed by atoms with E-state index in [9.17, 15) is 14.4 Å². The van der Waals surface area contributed by atoms with E-state index in [4.69, 9.17) is 14.2 Å². The Morgan fingerprint density at radius 1 is 1.19 bits per heavy atom. The molecular formula is C23H20N2O6. The van der Waals surface area contributed by atoms with Crippen molar-refractivity contribution in [3.63, 3.8) is 0 Å². The summed E-state index contributed by atoms with van der Waals surface area (Å²) in [5, 5.41) is 0. The molecule has 1 N–H and O–H groups in total. The molecule has 0 unspecified atom stereocenters. The molecule has 0 aliphatic carbocycles. The first-order valence-corrected chi connectivity index (χ1v) is 9.83. The lowest BCUT2D eigenvalue weighted by Gasteiger charge is -2.25. The number of carbonyl (C=O) groups is 2. The van der Waals surface area contributed by atoms with E-state index in [1.807, 2.05) is 18.2 Å². The lowest BCUT2D eigenvalue weighted by molar-refractivity contribution is -0.135. The van der Waals surface area contributed by atoms with Gasteiger partial charge in [-0.3, -0.25) is 14.6 Å². The molecule has 1 atom stereocenters. The van der Waals surface area contributed by atoms with Gasteiger partial charge in [0, 0.05) is 18.3 Å². The van der Waals surface area contributed by atoms with Crippen molar-refractivity contribution in [1.82, 2.24) is 9.97 Å². The van der Waals surface area contributed by atoms with Crippen LogP contribution in [-0.4, -0.2) is 28.5 Å². The fraction of sp³-hybridized carbons (Fsp3) is 0.217. The number of ether oxygens (including phenoxy) is 3. The number of aromatic amines is 1. The second-order valence-electron chi connectivity index (χ2n) is 6.90. The van der Waals surface area contributed by atoms with Gasteiger partial charge in [-0.2, -0.15) is 0 Å². The smallest absolute Gasteiger partial charge is 0.343 e. The third-order valence-electron chi connectivity index (χ3n) is 4.91. The van der Waals surface area contributed by atoms with Crippen LogP contribution in [0.3, 0.4) is 0 Å². The Balaban J connectivity index is 1.62. The van der Waals surface area contributed by atoms with Gasteiger partial charge >= 0.3 is 11.9 Å². The van der Waals surface area contributed by atoms with Crippen molar-refractivity contribution >= 4 is 11.9 Å². The topological polar surface area (TPSA) is 108 Å². The number of carbonyl (C=O) groups excluding carboxylic acids is 2. The first-order valence-electron chi connectivity index (χ1n) is 9.83. The Morgan fingerprint density at radius 2 is 2.00 bits per heavy atom. The predicted molar refractivity (Wildman–Crippen MR) is 110 cm³/mol. The van der Waals surface area contributed by atoms with Crippen molar-refractivity contribution in [2.45, 2.75) is 25.9 Å². The summed E-state index contributed by atoms with van der Waals surface area (Å²) in [7, 11) is 0. The number of nitrogens with one attached hydrogen (secondary N) is 1. The molecule has 3 aromatic rings. The van der Waals surface area contributed by atoms with Gasteiger partial charge in [-0.15, -0.1) is 0 Å². The standard InChI is InChI=1S/C23H20N2O6/c1-2-29-23(28)18-12-25-22(27)20-17(11-19(26)31-21(18)20)14-6-8-16(9-7-14)30-13-15-5-3-4-10-24-15/h3-10,12,17H,2,11,13H2,1H3,(H,25,27)/t17-/m1/s1. The molecule has 1 aliphatic heterocycles. The van der Waals surface area contributed by atoms with Gasteiger partial charge in [0.05, 0.1) is 24.3 Å². The van der Waals surface area contributed by atoms with Crippen LogP contribution in [0.2, 0.25) is 0 Å². The third-order valence-corrected chi connectivity index (χ3v) is 4.91. The van der Waals surface area contributed by atoms with Gasteiger partial charge in [0.25, 0.3) is 5.56 Å². The highest BCUT2D eigenvalue weighted by atomic mass is 16.5. The second kappa shape index (κ2) is 8.83. The molecule has 0 saturated heterocycles. The van der Waals surface area contributed by atoms with Crippen LogP contribution in [0, 0.1) is 0 Å². The number of hydrogen-bond acceptors (Lipinski definition) is 7. The monoisotopic (exact) mass is 420 g/mol. The summed E-state index contributed by atoms with van der Waals surface area (Å²) < 4.78 is 16.0. The second-order valence-corrected chi connectivity index (χ2v) is 6.90. The zero-order valence-corrected chi connectivity index (χ0v) is 16.8. The van der Waals surface area contributed by atoms with Crippen molar-refractivity contribution in [2.75, 3.05) is 6.61 Å². The lowest BCUT2D eigenvalue weighted by atomic mass is 9.86. The zero-order valence-electron chi connectivity index (χ0n) is 16.8. The van der Waals surface area contributed by atoms with Crippen LogP contribution in [-0.2, 0) is 16.1 Å². The summed E-state index contributed by atoms with van der Waals surface area (Å²) in [6, 6.07) is 12.7. The summed E-state index contributed by atoms with van der Waals surface area (Å²) in [5.41, 5.74) is 1.36. The molecule has 0 fully saturated rings. The minimum absolute atomic E-state index is 0.0174. The predicted octanol–water partition coefficient (Wildman–Crippen LogP) is 2.97. The molecule has 158 valence electrons. The average Bonchev–Trinajstić information content (AvgIpc) is 2.78. The first-order chi connectivity index (χ1) is 15.1. The summed E-state index contributed by atoms with van der Waals surface area (Å²) in [5.74, 6) is -1.16. The van der Waals surface area contributed by atoms with Crippen molar-refractivity contribution in [1.29, 1.82) is 0 Å². The maximum atomic E-state index is 12.6. The molecule has 0 spiro atoms. The Morgan fingerprint density at radius 3 is 2.71 bits per heavy atom. The van der Waals surface area contributed by atoms with Gasteiger partial charge < -0.3 is 19.2 Å². The third kappa shape index (κ3) is 4.32. The molecule has 0 saturated carbocycles. The van der Waals surface area contributed by atoms with Crippen LogP contribution in [0.4, 0.5) is 0 Å². The van der Waals surface area contributed by atoms with E-state index in [1.54, 1.807) is 37.4 Å². The number of hydrogen-bond donors (Lipinski definition) is 1. The van der Waals surface area contributed by atoms with Crippen molar-refractivity contribution in [2.24, 2.45) is 0 Å². The maximum absolute atomic E-state index is 12.6.